The SMILES string of the molecule is Cc1ccc(N/N=C/c2c(C)[nH]n(-c3ccc(C)c(C)c3)c2=O)c(C)c1. The monoisotopic (exact) mass is 348 g/mol. The Morgan fingerprint density at radius 2 is 1.73 bits per heavy atom. The van der Waals surface area contributed by atoms with Crippen LogP contribution in [-0.4, -0.2) is 16.0 Å². The number of H-pyrrole nitrogens is 1. The molecule has 0 fully saturated rings. The molecule has 3 rings (SSSR count). The van der Waals surface area contributed by atoms with Gasteiger partial charge in [0.05, 0.1) is 23.2 Å². The Bertz CT molecular complexity index is 1040. The molecule has 3 aromatic rings. The van der Waals surface area contributed by atoms with Crippen molar-refractivity contribution < 1.29 is 0 Å². The summed E-state index contributed by atoms with van der Waals surface area (Å²) in [5.41, 5.74) is 10.6. The van der Waals surface area contributed by atoms with Crippen molar-refractivity contribution in [2.75, 3.05) is 5.43 Å². The molecule has 0 radical (unpaired) electrons. The van der Waals surface area contributed by atoms with E-state index in [1.807, 2.05) is 51.1 Å². The summed E-state index contributed by atoms with van der Waals surface area (Å²) in [4.78, 5) is 12.8. The number of hydrogen-bond acceptors (Lipinski definition) is 3. The van der Waals surface area contributed by atoms with Crippen LogP contribution in [0.5, 0.6) is 0 Å². The van der Waals surface area contributed by atoms with Gasteiger partial charge in [0.15, 0.2) is 0 Å². The third kappa shape index (κ3) is 3.47. The summed E-state index contributed by atoms with van der Waals surface area (Å²) in [5, 5.41) is 7.38. The highest BCUT2D eigenvalue weighted by atomic mass is 16.1. The first-order valence-corrected chi connectivity index (χ1v) is 8.62. The lowest BCUT2D eigenvalue weighted by molar-refractivity contribution is 0.833. The van der Waals surface area contributed by atoms with Crippen molar-refractivity contribution in [3.05, 3.63) is 80.3 Å². The standard InChI is InChI=1S/C21H24N4O/c1-13-6-9-20(16(4)10-13)23-22-12-19-17(5)24-25(21(19)26)18-8-7-14(2)15(3)11-18/h6-12,23-24H,1-5H3/b22-12+. The maximum absolute atomic E-state index is 12.8. The van der Waals surface area contributed by atoms with E-state index in [2.05, 4.69) is 35.5 Å². The summed E-state index contributed by atoms with van der Waals surface area (Å²) in [7, 11) is 0. The van der Waals surface area contributed by atoms with Gasteiger partial charge in [0.1, 0.15) is 0 Å². The fourth-order valence-electron chi connectivity index (χ4n) is 2.86. The second kappa shape index (κ2) is 7.04. The minimum Gasteiger partial charge on any atom is -0.295 e. The number of hydrogen-bond donors (Lipinski definition) is 2. The third-order valence-corrected chi connectivity index (χ3v) is 4.63. The molecule has 0 aliphatic rings. The van der Waals surface area contributed by atoms with Gasteiger partial charge >= 0.3 is 0 Å². The molecule has 134 valence electrons. The molecular weight excluding hydrogens is 324 g/mol. The minimum absolute atomic E-state index is 0.114. The topological polar surface area (TPSA) is 62.2 Å². The van der Waals surface area contributed by atoms with Crippen molar-refractivity contribution in [3.8, 4) is 5.69 Å². The van der Waals surface area contributed by atoms with E-state index in [4.69, 9.17) is 0 Å². The van der Waals surface area contributed by atoms with Crippen LogP contribution in [0.15, 0.2) is 46.3 Å². The van der Waals surface area contributed by atoms with Crippen LogP contribution in [-0.2, 0) is 0 Å². The Labute approximate surface area is 153 Å². The summed E-state index contributed by atoms with van der Waals surface area (Å²) in [6.07, 6.45) is 1.57. The van der Waals surface area contributed by atoms with Crippen LogP contribution in [0.1, 0.15) is 33.5 Å². The number of aromatic nitrogens is 2. The first-order valence-electron chi connectivity index (χ1n) is 8.62. The lowest BCUT2D eigenvalue weighted by Crippen LogP contribution is -2.17. The second-order valence-electron chi connectivity index (χ2n) is 6.75. The van der Waals surface area contributed by atoms with Gasteiger partial charge in [-0.15, -0.1) is 0 Å². The fraction of sp³-hybridized carbons (Fsp3) is 0.238. The van der Waals surface area contributed by atoms with E-state index in [0.29, 0.717) is 5.56 Å². The molecule has 0 aliphatic heterocycles. The number of aryl methyl sites for hydroxylation is 5. The highest BCUT2D eigenvalue weighted by molar-refractivity contribution is 5.81. The lowest BCUT2D eigenvalue weighted by atomic mass is 10.1. The number of nitrogens with one attached hydrogen (secondary N) is 2. The molecule has 26 heavy (non-hydrogen) atoms. The van der Waals surface area contributed by atoms with Gasteiger partial charge < -0.3 is 0 Å². The van der Waals surface area contributed by atoms with Gasteiger partial charge in [-0.3, -0.25) is 15.3 Å². The molecule has 0 saturated heterocycles. The van der Waals surface area contributed by atoms with E-state index in [1.54, 1.807) is 10.9 Å². The number of anilines is 1. The van der Waals surface area contributed by atoms with Crippen LogP contribution < -0.4 is 11.0 Å². The Balaban J connectivity index is 1.88. The molecule has 2 N–H and O–H groups in total. The van der Waals surface area contributed by atoms with Gasteiger partial charge in [0, 0.05) is 5.69 Å². The van der Waals surface area contributed by atoms with Gasteiger partial charge in [-0.05, 0) is 69.5 Å². The van der Waals surface area contributed by atoms with Crippen LogP contribution in [0.25, 0.3) is 5.69 Å². The highest BCUT2D eigenvalue weighted by Crippen LogP contribution is 2.16. The molecule has 0 aliphatic carbocycles. The first kappa shape index (κ1) is 17.7. The molecule has 0 atom stereocenters. The van der Waals surface area contributed by atoms with Crippen molar-refractivity contribution in [3.63, 3.8) is 0 Å². The molecule has 0 amide bonds. The van der Waals surface area contributed by atoms with E-state index in [0.717, 1.165) is 28.2 Å². The predicted molar refractivity (Wildman–Crippen MR) is 108 cm³/mol. The molecule has 2 aromatic carbocycles. The number of rotatable bonds is 4. The highest BCUT2D eigenvalue weighted by Gasteiger charge is 2.11. The Hall–Kier alpha value is -3.08. The van der Waals surface area contributed by atoms with E-state index in [1.165, 1.54) is 11.1 Å². The van der Waals surface area contributed by atoms with Gasteiger partial charge in [-0.1, -0.05) is 23.8 Å². The number of benzene rings is 2. The van der Waals surface area contributed by atoms with E-state index in [-0.39, 0.29) is 5.56 Å². The third-order valence-electron chi connectivity index (χ3n) is 4.63. The largest absolute Gasteiger partial charge is 0.295 e. The summed E-state index contributed by atoms with van der Waals surface area (Å²) < 4.78 is 1.56. The Morgan fingerprint density at radius 3 is 2.42 bits per heavy atom. The van der Waals surface area contributed by atoms with Crippen LogP contribution >= 0.6 is 0 Å². The van der Waals surface area contributed by atoms with Crippen molar-refractivity contribution in [2.24, 2.45) is 5.10 Å². The normalized spacial score (nSPS) is 11.3. The van der Waals surface area contributed by atoms with Crippen LogP contribution in [0.2, 0.25) is 0 Å². The molecular formula is C21H24N4O. The average molecular weight is 348 g/mol. The van der Waals surface area contributed by atoms with E-state index in [9.17, 15) is 4.79 Å². The smallest absolute Gasteiger partial charge is 0.280 e. The van der Waals surface area contributed by atoms with Crippen LogP contribution in [0.4, 0.5) is 5.69 Å². The van der Waals surface area contributed by atoms with Gasteiger partial charge in [-0.2, -0.15) is 5.10 Å². The Morgan fingerprint density at radius 1 is 0.962 bits per heavy atom. The van der Waals surface area contributed by atoms with Crippen molar-refractivity contribution >= 4 is 11.9 Å². The van der Waals surface area contributed by atoms with E-state index < -0.39 is 0 Å². The van der Waals surface area contributed by atoms with Crippen molar-refractivity contribution in [1.82, 2.24) is 9.78 Å². The van der Waals surface area contributed by atoms with Crippen LogP contribution in [0, 0.1) is 34.6 Å². The summed E-state index contributed by atoms with van der Waals surface area (Å²) in [6.45, 7) is 10.0. The van der Waals surface area contributed by atoms with Crippen LogP contribution in [0.3, 0.4) is 0 Å². The number of aromatic amines is 1. The van der Waals surface area contributed by atoms with Crippen molar-refractivity contribution in [2.45, 2.75) is 34.6 Å². The molecule has 1 aromatic heterocycles. The maximum atomic E-state index is 12.8. The molecule has 0 bridgehead atoms. The van der Waals surface area contributed by atoms with Gasteiger partial charge in [-0.25, -0.2) is 4.68 Å². The molecule has 1 heterocycles. The van der Waals surface area contributed by atoms with Gasteiger partial charge in [0.25, 0.3) is 5.56 Å². The summed E-state index contributed by atoms with van der Waals surface area (Å²) in [6, 6.07) is 12.1. The fourth-order valence-corrected chi connectivity index (χ4v) is 2.86. The molecule has 0 spiro atoms. The van der Waals surface area contributed by atoms with E-state index >= 15 is 0 Å². The van der Waals surface area contributed by atoms with Gasteiger partial charge in [0.2, 0.25) is 0 Å². The molecule has 5 heteroatoms. The molecule has 0 unspecified atom stereocenters. The lowest BCUT2D eigenvalue weighted by Gasteiger charge is -2.05. The second-order valence-corrected chi connectivity index (χ2v) is 6.75. The quantitative estimate of drug-likeness (QED) is 0.549. The maximum Gasteiger partial charge on any atom is 0.280 e. The summed E-state index contributed by atoms with van der Waals surface area (Å²) in [5.74, 6) is 0. The first-order chi connectivity index (χ1) is 12.4. The zero-order chi connectivity index (χ0) is 18.8. The summed E-state index contributed by atoms with van der Waals surface area (Å²) >= 11 is 0. The predicted octanol–water partition coefficient (Wildman–Crippen LogP) is 4.15. The Kier molecular flexibility index (Phi) is 4.80. The minimum atomic E-state index is -0.114. The zero-order valence-corrected chi connectivity index (χ0v) is 15.8. The molecule has 5 nitrogen and oxygen atoms in total. The number of nitrogens with zero attached hydrogens (tertiary/aromatic N) is 2. The zero-order valence-electron chi connectivity index (χ0n) is 15.8. The van der Waals surface area contributed by atoms with Crippen molar-refractivity contribution in [1.29, 1.82) is 0 Å². The molecule has 0 saturated carbocycles. The number of hydrazone groups is 1. The average Bonchev–Trinajstić information content (AvgIpc) is 2.87.